The molecule has 214 valence electrons. The van der Waals surface area contributed by atoms with Crippen LogP contribution in [0.3, 0.4) is 0 Å². The summed E-state index contributed by atoms with van der Waals surface area (Å²) in [5, 5.41) is 0. The van der Waals surface area contributed by atoms with Crippen molar-refractivity contribution in [3.8, 4) is 0 Å². The second-order valence-electron chi connectivity index (χ2n) is 13.1. The molecule has 3 heterocycles. The molecule has 3 aliphatic rings. The lowest BCUT2D eigenvalue weighted by atomic mass is 9.75. The smallest absolute Gasteiger partial charge is 0.444 e. The van der Waals surface area contributed by atoms with Gasteiger partial charge in [0.15, 0.2) is 0 Å². The Morgan fingerprint density at radius 2 is 1.85 bits per heavy atom. The predicted octanol–water partition coefficient (Wildman–Crippen LogP) is 6.43. The van der Waals surface area contributed by atoms with Crippen LogP contribution in [0.2, 0.25) is 0 Å². The number of carbonyl (C=O) groups excluding carboxylic acids is 1. The van der Waals surface area contributed by atoms with Gasteiger partial charge in [-0.05, 0) is 91.6 Å². The van der Waals surface area contributed by atoms with Gasteiger partial charge in [0.1, 0.15) is 11.4 Å². The van der Waals surface area contributed by atoms with E-state index >= 15 is 0 Å². The predicted molar refractivity (Wildman–Crippen MR) is 154 cm³/mol. The number of imidazole rings is 1. The van der Waals surface area contributed by atoms with E-state index in [0.29, 0.717) is 13.2 Å². The fourth-order valence-electron chi connectivity index (χ4n) is 5.37. The molecule has 1 aromatic rings. The fourth-order valence-corrected chi connectivity index (χ4v) is 5.37. The van der Waals surface area contributed by atoms with Crippen molar-refractivity contribution in [2.45, 2.75) is 103 Å². The molecule has 0 aromatic carbocycles. The number of allylic oxidation sites excluding steroid dienone is 5. The summed E-state index contributed by atoms with van der Waals surface area (Å²) in [7, 11) is 1.33. The number of hydrogen-bond donors (Lipinski definition) is 1. The van der Waals surface area contributed by atoms with Crippen LogP contribution in [0.25, 0.3) is 5.57 Å². The van der Waals surface area contributed by atoms with Gasteiger partial charge >= 0.3 is 13.2 Å². The van der Waals surface area contributed by atoms with Crippen molar-refractivity contribution in [3.05, 3.63) is 47.5 Å². The molecule has 1 amide bonds. The molecule has 1 N–H and O–H groups in total. The largest absolute Gasteiger partial charge is 0.490 e. The summed E-state index contributed by atoms with van der Waals surface area (Å²) in [6.07, 6.45) is 10.4. The Kier molecular flexibility index (Phi) is 8.55. The molecule has 1 aliphatic carbocycles. The van der Waals surface area contributed by atoms with Crippen molar-refractivity contribution in [1.29, 1.82) is 0 Å². The number of amides is 1. The van der Waals surface area contributed by atoms with Gasteiger partial charge in [-0.25, -0.2) is 9.78 Å². The van der Waals surface area contributed by atoms with Crippen molar-refractivity contribution in [2.75, 3.05) is 20.3 Å². The summed E-state index contributed by atoms with van der Waals surface area (Å²) in [5.41, 5.74) is 2.76. The van der Waals surface area contributed by atoms with E-state index in [1.54, 1.807) is 12.0 Å². The first kappa shape index (κ1) is 29.6. The number of methoxy groups -OCH3 is 1. The van der Waals surface area contributed by atoms with E-state index in [2.05, 4.69) is 51.4 Å². The molecule has 0 radical (unpaired) electrons. The van der Waals surface area contributed by atoms with Crippen molar-refractivity contribution in [3.63, 3.8) is 0 Å². The molecular weight excluding hydrogens is 493 g/mol. The zero-order valence-electron chi connectivity index (χ0n) is 25.1. The maximum Gasteiger partial charge on any atom is 0.490 e. The molecule has 0 bridgehead atoms. The highest BCUT2D eigenvalue weighted by molar-refractivity contribution is 6.54. The number of ether oxygens (including phenoxy) is 2. The zero-order chi connectivity index (χ0) is 28.6. The summed E-state index contributed by atoms with van der Waals surface area (Å²) in [6, 6.07) is -0.213. The number of nitrogens with zero attached hydrogens (tertiary/aromatic N) is 2. The SMILES string of the molecule is C=C1CCCC/C(B2OC(C)(C)C(C)(C)O2)=C\C=C1c1cnc([C@@H]2C[C@H](COC)CN2C(=O)OC(C)(C)C)[nH]1. The quantitative estimate of drug-likeness (QED) is 0.435. The highest BCUT2D eigenvalue weighted by Gasteiger charge is 2.52. The van der Waals surface area contributed by atoms with Crippen molar-refractivity contribution in [1.82, 2.24) is 14.9 Å². The lowest BCUT2D eigenvalue weighted by Gasteiger charge is -2.32. The van der Waals surface area contributed by atoms with E-state index in [9.17, 15) is 4.79 Å². The molecule has 9 heteroatoms. The number of aromatic nitrogens is 2. The normalized spacial score (nSPS) is 26.9. The van der Waals surface area contributed by atoms with E-state index in [1.807, 2.05) is 27.0 Å². The highest BCUT2D eigenvalue weighted by atomic mass is 16.7. The number of nitrogens with one attached hydrogen (secondary N) is 1. The first-order chi connectivity index (χ1) is 18.2. The van der Waals surface area contributed by atoms with E-state index in [4.69, 9.17) is 23.8 Å². The first-order valence-electron chi connectivity index (χ1n) is 14.2. The van der Waals surface area contributed by atoms with E-state index < -0.39 is 5.60 Å². The maximum absolute atomic E-state index is 13.1. The minimum atomic E-state index is -0.573. The monoisotopic (exact) mass is 539 g/mol. The number of rotatable bonds is 5. The molecule has 0 saturated carbocycles. The van der Waals surface area contributed by atoms with Gasteiger partial charge in [0.05, 0.1) is 35.7 Å². The average Bonchev–Trinajstić information content (AvgIpc) is 3.51. The molecule has 2 atom stereocenters. The van der Waals surface area contributed by atoms with Crippen LogP contribution in [0.5, 0.6) is 0 Å². The lowest BCUT2D eigenvalue weighted by molar-refractivity contribution is 0.00578. The summed E-state index contributed by atoms with van der Waals surface area (Å²) in [5.74, 6) is 0.962. The van der Waals surface area contributed by atoms with Crippen LogP contribution in [-0.2, 0) is 18.8 Å². The third kappa shape index (κ3) is 6.69. The molecule has 4 rings (SSSR count). The molecule has 39 heavy (non-hydrogen) atoms. The van der Waals surface area contributed by atoms with Crippen molar-refractivity contribution >= 4 is 18.8 Å². The molecule has 2 aliphatic heterocycles. The third-order valence-corrected chi connectivity index (χ3v) is 8.21. The van der Waals surface area contributed by atoms with Crippen LogP contribution in [0.15, 0.2) is 36.0 Å². The molecule has 2 fully saturated rings. The number of likely N-dealkylation sites (tertiary alicyclic amines) is 1. The molecule has 0 unspecified atom stereocenters. The van der Waals surface area contributed by atoms with Crippen LogP contribution in [0, 0.1) is 5.92 Å². The van der Waals surface area contributed by atoms with Crippen LogP contribution < -0.4 is 0 Å². The number of carbonyl (C=O) groups is 1. The van der Waals surface area contributed by atoms with Crippen LogP contribution >= 0.6 is 0 Å². The highest BCUT2D eigenvalue weighted by Crippen LogP contribution is 2.40. The van der Waals surface area contributed by atoms with Crippen LogP contribution in [-0.4, -0.2) is 65.1 Å². The van der Waals surface area contributed by atoms with Gasteiger partial charge in [0.2, 0.25) is 0 Å². The van der Waals surface area contributed by atoms with Gasteiger partial charge in [0, 0.05) is 25.1 Å². The summed E-state index contributed by atoms with van der Waals surface area (Å²) < 4.78 is 23.8. The Bertz CT molecular complexity index is 1110. The summed E-state index contributed by atoms with van der Waals surface area (Å²) in [4.78, 5) is 23.1. The number of hydrogen-bond acceptors (Lipinski definition) is 6. The van der Waals surface area contributed by atoms with Gasteiger partial charge in [0.25, 0.3) is 0 Å². The fraction of sp³-hybridized carbons (Fsp3) is 0.667. The lowest BCUT2D eigenvalue weighted by Crippen LogP contribution is -2.41. The second-order valence-corrected chi connectivity index (χ2v) is 13.1. The Balaban J connectivity index is 1.61. The second kappa shape index (κ2) is 11.3. The molecular formula is C30H46BN3O5. The Morgan fingerprint density at radius 3 is 2.49 bits per heavy atom. The van der Waals surface area contributed by atoms with Gasteiger partial charge in [-0.15, -0.1) is 0 Å². The standard InChI is InChI=1S/C30H46BN3O5/c1-20-12-10-11-13-22(31-38-29(5,6)30(7,8)39-31)14-15-23(20)24-17-32-26(33-24)25-16-21(19-36-9)18-34(25)27(35)37-28(2,3)4/h14-15,17,21,25H,1,10-13,16,18-19H2,2-9H3,(H,32,33)/b22-14+,23-15?/t21-,25-/m0/s1. The first-order valence-corrected chi connectivity index (χ1v) is 14.2. The topological polar surface area (TPSA) is 85.9 Å². The minimum absolute atomic E-state index is 0.213. The molecule has 8 nitrogen and oxygen atoms in total. The summed E-state index contributed by atoms with van der Waals surface area (Å²) in [6.45, 7) is 19.5. The van der Waals surface area contributed by atoms with E-state index in [0.717, 1.165) is 60.2 Å². The zero-order valence-corrected chi connectivity index (χ0v) is 25.1. The Hall–Kier alpha value is -2.36. The molecule has 0 spiro atoms. The maximum atomic E-state index is 13.1. The Labute approximate surface area is 234 Å². The Morgan fingerprint density at radius 1 is 1.18 bits per heavy atom. The average molecular weight is 540 g/mol. The van der Waals surface area contributed by atoms with Crippen LogP contribution in [0.4, 0.5) is 4.79 Å². The van der Waals surface area contributed by atoms with Gasteiger partial charge in [-0.3, -0.25) is 4.90 Å². The summed E-state index contributed by atoms with van der Waals surface area (Å²) >= 11 is 0. The van der Waals surface area contributed by atoms with E-state index in [-0.39, 0.29) is 36.4 Å². The van der Waals surface area contributed by atoms with Gasteiger partial charge < -0.3 is 23.8 Å². The number of H-pyrrole nitrogens is 1. The van der Waals surface area contributed by atoms with Crippen molar-refractivity contribution in [2.24, 2.45) is 5.92 Å². The van der Waals surface area contributed by atoms with Crippen LogP contribution in [0.1, 0.15) is 98.1 Å². The van der Waals surface area contributed by atoms with Gasteiger partial charge in [-0.1, -0.05) is 18.7 Å². The van der Waals surface area contributed by atoms with E-state index in [1.165, 1.54) is 0 Å². The molecule has 2 saturated heterocycles. The molecule has 1 aromatic heterocycles. The minimum Gasteiger partial charge on any atom is -0.444 e. The number of aromatic amines is 1. The van der Waals surface area contributed by atoms with Crippen molar-refractivity contribution < 1.29 is 23.6 Å². The van der Waals surface area contributed by atoms with Gasteiger partial charge in [-0.2, -0.15) is 0 Å². The third-order valence-electron chi connectivity index (χ3n) is 8.21.